The van der Waals surface area contributed by atoms with Crippen molar-refractivity contribution in [1.29, 1.82) is 0 Å². The monoisotopic (exact) mass is 438 g/mol. The molecule has 1 amide bonds. The molecule has 6 nitrogen and oxygen atoms in total. The lowest BCUT2D eigenvalue weighted by Crippen LogP contribution is -2.40. The van der Waals surface area contributed by atoms with Crippen LogP contribution < -0.4 is 14.8 Å². The number of nitrogens with zero attached hydrogens (tertiary/aromatic N) is 1. The van der Waals surface area contributed by atoms with E-state index in [1.807, 2.05) is 36.4 Å². The molecule has 0 aromatic heterocycles. The Kier molecular flexibility index (Phi) is 8.02. The van der Waals surface area contributed by atoms with Gasteiger partial charge in [0.2, 0.25) is 0 Å². The van der Waals surface area contributed by atoms with E-state index in [2.05, 4.69) is 22.3 Å². The second-order valence-electron chi connectivity index (χ2n) is 8.57. The fourth-order valence-corrected chi connectivity index (χ4v) is 4.50. The molecule has 0 aliphatic carbocycles. The van der Waals surface area contributed by atoms with Gasteiger partial charge < -0.3 is 19.5 Å². The van der Waals surface area contributed by atoms with E-state index in [-0.39, 0.29) is 18.1 Å². The number of carbonyl (C=O) groups is 1. The van der Waals surface area contributed by atoms with E-state index in [1.54, 1.807) is 7.11 Å². The van der Waals surface area contributed by atoms with E-state index >= 15 is 0 Å². The maximum atomic E-state index is 12.9. The van der Waals surface area contributed by atoms with Gasteiger partial charge in [-0.1, -0.05) is 24.6 Å². The third kappa shape index (κ3) is 6.02. The molecule has 0 spiro atoms. The van der Waals surface area contributed by atoms with Crippen LogP contribution in [0.15, 0.2) is 48.5 Å². The highest BCUT2D eigenvalue weighted by Gasteiger charge is 2.23. The smallest absolute Gasteiger partial charge is 0.251 e. The molecule has 2 aromatic carbocycles. The summed E-state index contributed by atoms with van der Waals surface area (Å²) in [6.07, 6.45) is 5.95. The quantitative estimate of drug-likeness (QED) is 0.636. The van der Waals surface area contributed by atoms with Crippen LogP contribution in [0.1, 0.15) is 54.1 Å². The van der Waals surface area contributed by atoms with Crippen molar-refractivity contribution < 1.29 is 19.0 Å². The number of piperidine rings is 1. The van der Waals surface area contributed by atoms with Gasteiger partial charge in [0.25, 0.3) is 5.91 Å². The van der Waals surface area contributed by atoms with Crippen molar-refractivity contribution >= 4 is 5.91 Å². The molecule has 2 fully saturated rings. The summed E-state index contributed by atoms with van der Waals surface area (Å²) in [6.45, 7) is 4.01. The predicted molar refractivity (Wildman–Crippen MR) is 124 cm³/mol. The standard InChI is InChI=1S/C26H34N2O4/c1-30-22-12-10-20(11-13-22)25(28-14-3-2-4-15-28)18-27-26(29)21-7-5-8-23(17-21)32-19-24-9-6-16-31-24/h5,7-8,10-13,17,24-25H,2-4,6,9,14-16,18-19H2,1H3,(H,27,29). The van der Waals surface area contributed by atoms with Crippen LogP contribution in [0.4, 0.5) is 0 Å². The van der Waals surface area contributed by atoms with Crippen molar-refractivity contribution in [3.63, 3.8) is 0 Å². The van der Waals surface area contributed by atoms with Crippen LogP contribution in [0, 0.1) is 0 Å². The molecular weight excluding hydrogens is 404 g/mol. The number of amides is 1. The SMILES string of the molecule is COc1ccc(C(CNC(=O)c2cccc(OCC3CCCO3)c2)N2CCCCC2)cc1. The summed E-state index contributed by atoms with van der Waals surface area (Å²) >= 11 is 0. The molecule has 4 rings (SSSR count). The number of rotatable bonds is 9. The first-order valence-corrected chi connectivity index (χ1v) is 11.7. The van der Waals surface area contributed by atoms with Crippen molar-refractivity contribution in [3.05, 3.63) is 59.7 Å². The van der Waals surface area contributed by atoms with Crippen molar-refractivity contribution in [1.82, 2.24) is 10.2 Å². The van der Waals surface area contributed by atoms with Gasteiger partial charge in [0.05, 0.1) is 19.3 Å². The summed E-state index contributed by atoms with van der Waals surface area (Å²) in [5.41, 5.74) is 1.81. The molecular formula is C26H34N2O4. The first-order chi connectivity index (χ1) is 15.7. The second kappa shape index (κ2) is 11.3. The molecule has 2 aromatic rings. The fourth-order valence-electron chi connectivity index (χ4n) is 4.50. The molecule has 2 aliphatic heterocycles. The van der Waals surface area contributed by atoms with Crippen molar-refractivity contribution in [2.75, 3.05) is 40.0 Å². The highest BCUT2D eigenvalue weighted by Crippen LogP contribution is 2.26. The Hall–Kier alpha value is -2.57. The molecule has 2 saturated heterocycles. The van der Waals surface area contributed by atoms with Gasteiger partial charge in [0.1, 0.15) is 18.1 Å². The minimum Gasteiger partial charge on any atom is -0.497 e. The van der Waals surface area contributed by atoms with Crippen LogP contribution in [0.5, 0.6) is 11.5 Å². The van der Waals surface area contributed by atoms with Gasteiger partial charge in [0, 0.05) is 18.7 Å². The molecule has 2 heterocycles. The fraction of sp³-hybridized carbons (Fsp3) is 0.500. The molecule has 2 unspecified atom stereocenters. The van der Waals surface area contributed by atoms with Crippen molar-refractivity contribution in [2.24, 2.45) is 0 Å². The Labute approximate surface area is 190 Å². The third-order valence-electron chi connectivity index (χ3n) is 6.34. The molecule has 0 bridgehead atoms. The average Bonchev–Trinajstić information content (AvgIpc) is 3.38. The highest BCUT2D eigenvalue weighted by molar-refractivity contribution is 5.94. The molecule has 1 N–H and O–H groups in total. The highest BCUT2D eigenvalue weighted by atomic mass is 16.5. The van der Waals surface area contributed by atoms with Gasteiger partial charge in [-0.05, 0) is 74.7 Å². The van der Waals surface area contributed by atoms with E-state index in [9.17, 15) is 4.79 Å². The molecule has 2 atom stereocenters. The number of carbonyl (C=O) groups excluding carboxylic acids is 1. The Morgan fingerprint density at radius 3 is 2.62 bits per heavy atom. The Morgan fingerprint density at radius 1 is 1.09 bits per heavy atom. The lowest BCUT2D eigenvalue weighted by atomic mass is 10.0. The van der Waals surface area contributed by atoms with Crippen LogP contribution in [0.3, 0.4) is 0 Å². The molecule has 0 saturated carbocycles. The normalized spacial score (nSPS) is 20.0. The van der Waals surface area contributed by atoms with Gasteiger partial charge in [-0.3, -0.25) is 9.69 Å². The van der Waals surface area contributed by atoms with E-state index in [4.69, 9.17) is 14.2 Å². The predicted octanol–water partition coefficient (Wildman–Crippen LogP) is 4.21. The number of nitrogens with one attached hydrogen (secondary N) is 1. The summed E-state index contributed by atoms with van der Waals surface area (Å²) in [4.78, 5) is 15.4. The molecule has 0 radical (unpaired) electrons. The van der Waals surface area contributed by atoms with Crippen LogP contribution in [0.25, 0.3) is 0 Å². The largest absolute Gasteiger partial charge is 0.497 e. The number of ether oxygens (including phenoxy) is 3. The average molecular weight is 439 g/mol. The molecule has 172 valence electrons. The van der Waals surface area contributed by atoms with Gasteiger partial charge >= 0.3 is 0 Å². The maximum absolute atomic E-state index is 12.9. The van der Waals surface area contributed by atoms with E-state index in [0.717, 1.165) is 38.3 Å². The van der Waals surface area contributed by atoms with Crippen molar-refractivity contribution in [3.8, 4) is 11.5 Å². The van der Waals surface area contributed by atoms with Gasteiger partial charge in [-0.2, -0.15) is 0 Å². The lowest BCUT2D eigenvalue weighted by Gasteiger charge is -2.35. The summed E-state index contributed by atoms with van der Waals surface area (Å²) < 4.78 is 16.8. The minimum absolute atomic E-state index is 0.0805. The van der Waals surface area contributed by atoms with E-state index < -0.39 is 0 Å². The van der Waals surface area contributed by atoms with E-state index in [1.165, 1.54) is 24.8 Å². The maximum Gasteiger partial charge on any atom is 0.251 e. The third-order valence-corrected chi connectivity index (χ3v) is 6.34. The molecule has 32 heavy (non-hydrogen) atoms. The lowest BCUT2D eigenvalue weighted by molar-refractivity contribution is 0.0679. The Balaban J connectivity index is 1.39. The zero-order chi connectivity index (χ0) is 22.2. The second-order valence-corrected chi connectivity index (χ2v) is 8.57. The van der Waals surface area contributed by atoms with Crippen LogP contribution >= 0.6 is 0 Å². The number of hydrogen-bond acceptors (Lipinski definition) is 5. The Bertz CT molecular complexity index is 858. The number of benzene rings is 2. The van der Waals surface area contributed by atoms with E-state index in [0.29, 0.717) is 24.5 Å². The summed E-state index contributed by atoms with van der Waals surface area (Å²) in [7, 11) is 1.68. The van der Waals surface area contributed by atoms with Crippen LogP contribution in [0.2, 0.25) is 0 Å². The van der Waals surface area contributed by atoms with Crippen LogP contribution in [-0.4, -0.2) is 56.9 Å². The van der Waals surface area contributed by atoms with Crippen molar-refractivity contribution in [2.45, 2.75) is 44.2 Å². The van der Waals surface area contributed by atoms with Gasteiger partial charge in [-0.25, -0.2) is 0 Å². The van der Waals surface area contributed by atoms with Crippen LogP contribution in [-0.2, 0) is 4.74 Å². The topological polar surface area (TPSA) is 60.0 Å². The minimum atomic E-state index is -0.0805. The van der Waals surface area contributed by atoms with Gasteiger partial charge in [0.15, 0.2) is 0 Å². The molecule has 6 heteroatoms. The first kappa shape index (κ1) is 22.6. The zero-order valence-corrected chi connectivity index (χ0v) is 18.9. The molecule has 2 aliphatic rings. The zero-order valence-electron chi connectivity index (χ0n) is 18.9. The number of hydrogen-bond donors (Lipinski definition) is 1. The summed E-state index contributed by atoms with van der Waals surface area (Å²) in [5.74, 6) is 1.47. The summed E-state index contributed by atoms with van der Waals surface area (Å²) in [6, 6.07) is 15.7. The number of likely N-dealkylation sites (tertiary alicyclic amines) is 1. The number of methoxy groups -OCH3 is 1. The summed E-state index contributed by atoms with van der Waals surface area (Å²) in [5, 5.41) is 3.16. The first-order valence-electron chi connectivity index (χ1n) is 11.7. The Morgan fingerprint density at radius 2 is 1.91 bits per heavy atom. The van der Waals surface area contributed by atoms with Gasteiger partial charge in [-0.15, -0.1) is 0 Å².